The van der Waals surface area contributed by atoms with Crippen LogP contribution in [0.2, 0.25) is 0 Å². The van der Waals surface area contributed by atoms with E-state index < -0.39 is 0 Å². The molecule has 1 atom stereocenters. The van der Waals surface area contributed by atoms with Gasteiger partial charge >= 0.3 is 0 Å². The van der Waals surface area contributed by atoms with Gasteiger partial charge < -0.3 is 5.32 Å². The van der Waals surface area contributed by atoms with Gasteiger partial charge in [-0.1, -0.05) is 0 Å². The van der Waals surface area contributed by atoms with E-state index in [9.17, 15) is 0 Å². The van der Waals surface area contributed by atoms with E-state index >= 15 is 0 Å². The number of nitrogens with one attached hydrogen (secondary N) is 1. The van der Waals surface area contributed by atoms with Crippen LogP contribution < -0.4 is 5.32 Å². The molecule has 1 unspecified atom stereocenters. The lowest BCUT2D eigenvalue weighted by atomic mass is 10.2. The molecule has 0 aromatic carbocycles. The lowest BCUT2D eigenvalue weighted by Crippen LogP contribution is -2.14. The summed E-state index contributed by atoms with van der Waals surface area (Å²) in [6.07, 6.45) is 4.55. The summed E-state index contributed by atoms with van der Waals surface area (Å²) in [6, 6.07) is 3.92. The van der Waals surface area contributed by atoms with Gasteiger partial charge in [0.05, 0.1) is 0 Å². The molecule has 4 nitrogen and oxygen atoms in total. The Labute approximate surface area is 112 Å². The predicted octanol–water partition coefficient (Wildman–Crippen LogP) is 2.80. The van der Waals surface area contributed by atoms with Crippen molar-refractivity contribution in [3.8, 4) is 0 Å². The summed E-state index contributed by atoms with van der Waals surface area (Å²) in [4.78, 5) is 4.43. The van der Waals surface area contributed by atoms with Crippen molar-refractivity contribution in [2.75, 3.05) is 17.6 Å². The number of hydrogen-bond acceptors (Lipinski definition) is 4. The normalized spacial score (nSPS) is 19.9. The lowest BCUT2D eigenvalue weighted by Gasteiger charge is -2.07. The van der Waals surface area contributed by atoms with Crippen LogP contribution in [0.3, 0.4) is 0 Å². The fourth-order valence-electron chi connectivity index (χ4n) is 1.94. The Balaban J connectivity index is 1.72. The zero-order chi connectivity index (χ0) is 11.7. The van der Waals surface area contributed by atoms with Crippen LogP contribution in [0.15, 0.2) is 22.8 Å². The second kappa shape index (κ2) is 4.86. The molecule has 2 aromatic rings. The molecule has 0 bridgehead atoms. The summed E-state index contributed by atoms with van der Waals surface area (Å²) in [7, 11) is 0. The molecule has 3 heterocycles. The second-order valence-electron chi connectivity index (χ2n) is 4.10. The number of aromatic nitrogens is 3. The van der Waals surface area contributed by atoms with Crippen molar-refractivity contribution in [2.24, 2.45) is 0 Å². The third kappa shape index (κ3) is 2.57. The highest BCUT2D eigenvalue weighted by atomic mass is 79.9. The van der Waals surface area contributed by atoms with E-state index in [0.717, 1.165) is 22.6 Å². The number of pyridine rings is 1. The quantitative estimate of drug-likeness (QED) is 0.946. The molecule has 0 saturated carbocycles. The third-order valence-electron chi connectivity index (χ3n) is 2.81. The molecule has 17 heavy (non-hydrogen) atoms. The molecule has 90 valence electrons. The monoisotopic (exact) mass is 312 g/mol. The summed E-state index contributed by atoms with van der Waals surface area (Å²) in [5, 5.41) is 8.42. The summed E-state index contributed by atoms with van der Waals surface area (Å²) in [6.45, 7) is 0.961. The Bertz CT molecular complexity index is 521. The van der Waals surface area contributed by atoms with Gasteiger partial charge in [0.2, 0.25) is 5.95 Å². The van der Waals surface area contributed by atoms with Crippen molar-refractivity contribution >= 4 is 39.3 Å². The van der Waals surface area contributed by atoms with Gasteiger partial charge in [0.15, 0.2) is 5.65 Å². The first kappa shape index (κ1) is 11.3. The van der Waals surface area contributed by atoms with Gasteiger partial charge in [0.25, 0.3) is 0 Å². The Kier molecular flexibility index (Phi) is 3.24. The summed E-state index contributed by atoms with van der Waals surface area (Å²) >= 11 is 5.46. The topological polar surface area (TPSA) is 42.2 Å². The van der Waals surface area contributed by atoms with Gasteiger partial charge in [0, 0.05) is 22.5 Å². The molecule has 3 rings (SSSR count). The maximum absolute atomic E-state index is 4.43. The van der Waals surface area contributed by atoms with E-state index in [4.69, 9.17) is 0 Å². The van der Waals surface area contributed by atoms with Crippen LogP contribution in [0.5, 0.6) is 0 Å². The standard InChI is InChI=1S/C11H13BrN4S/c12-8-3-4-10-14-11(15-16(10)7-8)13-6-9-2-1-5-17-9/h3-4,7,9H,1-2,5-6H2,(H,13,15). The minimum absolute atomic E-state index is 0.716. The Morgan fingerprint density at radius 2 is 2.47 bits per heavy atom. The molecule has 1 fully saturated rings. The number of fused-ring (bicyclic) bond motifs is 1. The molecule has 1 aliphatic rings. The van der Waals surface area contributed by atoms with Gasteiger partial charge in [0.1, 0.15) is 0 Å². The molecule has 1 N–H and O–H groups in total. The first-order valence-corrected chi connectivity index (χ1v) is 7.53. The lowest BCUT2D eigenvalue weighted by molar-refractivity contribution is 0.799. The highest BCUT2D eigenvalue weighted by molar-refractivity contribution is 9.10. The molecule has 0 aliphatic carbocycles. The Morgan fingerprint density at radius 1 is 1.53 bits per heavy atom. The Hall–Kier alpha value is -0.750. The first-order valence-electron chi connectivity index (χ1n) is 5.69. The zero-order valence-corrected chi connectivity index (χ0v) is 11.7. The molecular weight excluding hydrogens is 300 g/mol. The minimum Gasteiger partial charge on any atom is -0.352 e. The van der Waals surface area contributed by atoms with Crippen molar-refractivity contribution in [3.05, 3.63) is 22.8 Å². The molecular formula is C11H13BrN4S. The van der Waals surface area contributed by atoms with E-state index in [1.807, 2.05) is 30.1 Å². The highest BCUT2D eigenvalue weighted by Crippen LogP contribution is 2.26. The molecule has 0 amide bonds. The maximum Gasteiger partial charge on any atom is 0.243 e. The van der Waals surface area contributed by atoms with Crippen LogP contribution in [0.1, 0.15) is 12.8 Å². The molecule has 0 radical (unpaired) electrons. The number of nitrogens with zero attached hydrogens (tertiary/aromatic N) is 3. The average Bonchev–Trinajstić information content (AvgIpc) is 2.94. The van der Waals surface area contributed by atoms with Crippen molar-refractivity contribution in [2.45, 2.75) is 18.1 Å². The summed E-state index contributed by atoms with van der Waals surface area (Å²) in [5.41, 5.74) is 0.870. The number of anilines is 1. The van der Waals surface area contributed by atoms with Crippen LogP contribution in [0.25, 0.3) is 5.65 Å². The molecule has 1 saturated heterocycles. The smallest absolute Gasteiger partial charge is 0.243 e. The van der Waals surface area contributed by atoms with Crippen molar-refractivity contribution in [3.63, 3.8) is 0 Å². The minimum atomic E-state index is 0.716. The number of halogens is 1. The van der Waals surface area contributed by atoms with E-state index in [0.29, 0.717) is 5.25 Å². The summed E-state index contributed by atoms with van der Waals surface area (Å²) in [5.74, 6) is 2.01. The molecule has 6 heteroatoms. The number of rotatable bonds is 3. The molecule has 0 spiro atoms. The van der Waals surface area contributed by atoms with Gasteiger partial charge in [-0.15, -0.1) is 5.10 Å². The zero-order valence-electron chi connectivity index (χ0n) is 9.27. The number of hydrogen-bond donors (Lipinski definition) is 1. The molecule has 2 aromatic heterocycles. The SMILES string of the molecule is Brc1ccc2nc(NCC3CCCS3)nn2c1. The summed E-state index contributed by atoms with van der Waals surface area (Å²) < 4.78 is 2.79. The van der Waals surface area contributed by atoms with Crippen LogP contribution >= 0.6 is 27.7 Å². The Morgan fingerprint density at radius 3 is 3.29 bits per heavy atom. The van der Waals surface area contributed by atoms with Crippen LogP contribution in [0.4, 0.5) is 5.95 Å². The van der Waals surface area contributed by atoms with Crippen molar-refractivity contribution < 1.29 is 0 Å². The first-order chi connectivity index (χ1) is 8.31. The highest BCUT2D eigenvalue weighted by Gasteiger charge is 2.15. The largest absolute Gasteiger partial charge is 0.352 e. The predicted molar refractivity (Wildman–Crippen MR) is 74.7 cm³/mol. The van der Waals surface area contributed by atoms with Crippen LogP contribution in [-0.4, -0.2) is 32.1 Å². The van der Waals surface area contributed by atoms with Crippen molar-refractivity contribution in [1.29, 1.82) is 0 Å². The van der Waals surface area contributed by atoms with Crippen LogP contribution in [0, 0.1) is 0 Å². The second-order valence-corrected chi connectivity index (χ2v) is 6.43. The number of thioether (sulfide) groups is 1. The van der Waals surface area contributed by atoms with Gasteiger partial charge in [-0.25, -0.2) is 4.52 Å². The van der Waals surface area contributed by atoms with E-state index in [1.54, 1.807) is 4.52 Å². The fraction of sp³-hybridized carbons (Fsp3) is 0.455. The van der Waals surface area contributed by atoms with Crippen molar-refractivity contribution in [1.82, 2.24) is 14.6 Å². The van der Waals surface area contributed by atoms with Gasteiger partial charge in [-0.2, -0.15) is 16.7 Å². The van der Waals surface area contributed by atoms with E-state index in [2.05, 4.69) is 31.3 Å². The third-order valence-corrected chi connectivity index (χ3v) is 4.67. The molecule has 1 aliphatic heterocycles. The maximum atomic E-state index is 4.43. The average molecular weight is 313 g/mol. The van der Waals surface area contributed by atoms with E-state index in [-0.39, 0.29) is 0 Å². The van der Waals surface area contributed by atoms with E-state index in [1.165, 1.54) is 18.6 Å². The fourth-order valence-corrected chi connectivity index (χ4v) is 3.47. The van der Waals surface area contributed by atoms with Gasteiger partial charge in [-0.3, -0.25) is 0 Å². The van der Waals surface area contributed by atoms with Crippen LogP contribution in [-0.2, 0) is 0 Å². The van der Waals surface area contributed by atoms with Gasteiger partial charge in [-0.05, 0) is 46.7 Å².